The maximum atomic E-state index is 11.3. The van der Waals surface area contributed by atoms with Gasteiger partial charge in [0.15, 0.2) is 0 Å². The summed E-state index contributed by atoms with van der Waals surface area (Å²) in [4.78, 5) is 21.9. The molecule has 0 N–H and O–H groups in total. The summed E-state index contributed by atoms with van der Waals surface area (Å²) < 4.78 is 9.29. The van der Waals surface area contributed by atoms with Crippen LogP contribution < -0.4 is 4.74 Å². The second kappa shape index (κ2) is 6.92. The zero-order valence-electron chi connectivity index (χ0n) is 10.1. The molecule has 92 valence electrons. The van der Waals surface area contributed by atoms with E-state index in [4.69, 9.17) is 4.74 Å². The minimum absolute atomic E-state index is 0.462. The van der Waals surface area contributed by atoms with Crippen molar-refractivity contribution in [3.63, 3.8) is 0 Å². The Morgan fingerprint density at radius 1 is 1.11 bits per heavy atom. The Labute approximate surface area is 105 Å². The van der Waals surface area contributed by atoms with Gasteiger partial charge in [0.25, 0.3) is 0 Å². The van der Waals surface area contributed by atoms with E-state index in [0.717, 1.165) is 11.3 Å². The largest absolute Gasteiger partial charge is 0.497 e. The van der Waals surface area contributed by atoms with Gasteiger partial charge in [0.2, 0.25) is 5.78 Å². The van der Waals surface area contributed by atoms with E-state index in [-0.39, 0.29) is 0 Å². The van der Waals surface area contributed by atoms with E-state index in [1.54, 1.807) is 37.5 Å². The molecule has 1 aromatic rings. The van der Waals surface area contributed by atoms with Gasteiger partial charge in [0.1, 0.15) is 5.75 Å². The van der Waals surface area contributed by atoms with Crippen LogP contribution in [0.1, 0.15) is 5.56 Å². The number of ether oxygens (including phenoxy) is 2. The highest BCUT2D eigenvalue weighted by atomic mass is 16.5. The van der Waals surface area contributed by atoms with Crippen LogP contribution in [0.2, 0.25) is 0 Å². The van der Waals surface area contributed by atoms with Crippen molar-refractivity contribution in [3.8, 4) is 17.6 Å². The first-order valence-electron chi connectivity index (χ1n) is 5.12. The van der Waals surface area contributed by atoms with Crippen LogP contribution in [0.15, 0.2) is 30.3 Å². The Morgan fingerprint density at radius 3 is 2.33 bits per heavy atom. The van der Waals surface area contributed by atoms with Crippen LogP contribution in [0.5, 0.6) is 5.75 Å². The van der Waals surface area contributed by atoms with E-state index >= 15 is 0 Å². The number of benzene rings is 1. The van der Waals surface area contributed by atoms with Gasteiger partial charge < -0.3 is 9.47 Å². The first-order chi connectivity index (χ1) is 8.65. The molecule has 0 aliphatic rings. The Morgan fingerprint density at radius 2 is 1.78 bits per heavy atom. The van der Waals surface area contributed by atoms with Gasteiger partial charge in [0.05, 0.1) is 14.2 Å². The summed E-state index contributed by atoms with van der Waals surface area (Å²) in [7, 11) is 2.78. The van der Waals surface area contributed by atoms with Crippen molar-refractivity contribution in [2.45, 2.75) is 0 Å². The highest BCUT2D eigenvalue weighted by Crippen LogP contribution is 2.12. The number of carbonyl (C=O) groups is 2. The molecule has 0 aliphatic carbocycles. The van der Waals surface area contributed by atoms with Crippen molar-refractivity contribution in [2.75, 3.05) is 14.2 Å². The van der Waals surface area contributed by atoms with Crippen molar-refractivity contribution >= 4 is 17.8 Å². The van der Waals surface area contributed by atoms with Crippen LogP contribution in [0.25, 0.3) is 6.08 Å². The molecule has 0 atom stereocenters. The Balaban J connectivity index is 2.64. The fourth-order valence-corrected chi connectivity index (χ4v) is 1.09. The van der Waals surface area contributed by atoms with Crippen molar-refractivity contribution < 1.29 is 19.1 Å². The number of rotatable bonds is 3. The van der Waals surface area contributed by atoms with Crippen LogP contribution in [-0.4, -0.2) is 26.0 Å². The second-order valence-electron chi connectivity index (χ2n) is 3.21. The maximum absolute atomic E-state index is 11.3. The number of methoxy groups -OCH3 is 2. The molecule has 1 aromatic carbocycles. The SMILES string of the molecule is COC(=O)C#CC(=O)C=Cc1ccc(OC)cc1. The topological polar surface area (TPSA) is 52.6 Å². The molecule has 0 aliphatic heterocycles. The first kappa shape index (κ1) is 13.5. The summed E-state index contributed by atoms with van der Waals surface area (Å²) in [5.74, 6) is 3.75. The van der Waals surface area contributed by atoms with Crippen molar-refractivity contribution in [1.29, 1.82) is 0 Å². The molecule has 0 spiro atoms. The predicted molar refractivity (Wildman–Crippen MR) is 66.8 cm³/mol. The van der Waals surface area contributed by atoms with Gasteiger partial charge in [-0.1, -0.05) is 18.2 Å². The zero-order valence-corrected chi connectivity index (χ0v) is 10.1. The average Bonchev–Trinajstić information content (AvgIpc) is 2.42. The molecule has 0 bridgehead atoms. The van der Waals surface area contributed by atoms with E-state index in [2.05, 4.69) is 16.6 Å². The summed E-state index contributed by atoms with van der Waals surface area (Å²) in [6.45, 7) is 0. The average molecular weight is 244 g/mol. The molecule has 0 saturated carbocycles. The monoisotopic (exact) mass is 244 g/mol. The third-order valence-electron chi connectivity index (χ3n) is 2.02. The molecule has 0 radical (unpaired) electrons. The Kier molecular flexibility index (Phi) is 5.20. The predicted octanol–water partition coefficient (Wildman–Crippen LogP) is 1.45. The molecule has 18 heavy (non-hydrogen) atoms. The van der Waals surface area contributed by atoms with Gasteiger partial charge in [-0.3, -0.25) is 4.79 Å². The van der Waals surface area contributed by atoms with E-state index in [1.807, 2.05) is 0 Å². The molecular weight excluding hydrogens is 232 g/mol. The highest BCUT2D eigenvalue weighted by Gasteiger charge is 1.94. The minimum Gasteiger partial charge on any atom is -0.497 e. The first-order valence-corrected chi connectivity index (χ1v) is 5.12. The molecule has 1 rings (SSSR count). The van der Waals surface area contributed by atoms with Gasteiger partial charge in [-0.25, -0.2) is 4.79 Å². The van der Waals surface area contributed by atoms with Crippen LogP contribution >= 0.6 is 0 Å². The van der Waals surface area contributed by atoms with Crippen LogP contribution in [0.3, 0.4) is 0 Å². The third-order valence-corrected chi connectivity index (χ3v) is 2.02. The molecule has 0 heterocycles. The standard InChI is InChI=1S/C14H12O4/c1-17-13-8-4-11(5-9-13)3-6-12(15)7-10-14(16)18-2/h3-6,8-9H,1-2H3. The molecule has 0 saturated heterocycles. The van der Waals surface area contributed by atoms with E-state index in [9.17, 15) is 9.59 Å². The molecule has 4 heteroatoms. The lowest BCUT2D eigenvalue weighted by Gasteiger charge is -1.98. The van der Waals surface area contributed by atoms with E-state index < -0.39 is 11.8 Å². The maximum Gasteiger partial charge on any atom is 0.384 e. The summed E-state index contributed by atoms with van der Waals surface area (Å²) in [5.41, 5.74) is 0.837. The number of hydrogen-bond donors (Lipinski definition) is 0. The number of esters is 1. The molecule has 0 aromatic heterocycles. The number of ketones is 1. The second-order valence-corrected chi connectivity index (χ2v) is 3.21. The summed E-state index contributed by atoms with van der Waals surface area (Å²) >= 11 is 0. The van der Waals surface area contributed by atoms with Crippen molar-refractivity contribution in [2.24, 2.45) is 0 Å². The van der Waals surface area contributed by atoms with Gasteiger partial charge in [-0.15, -0.1) is 0 Å². The smallest absolute Gasteiger partial charge is 0.384 e. The minimum atomic E-state index is -0.735. The van der Waals surface area contributed by atoms with Gasteiger partial charge in [0, 0.05) is 5.92 Å². The van der Waals surface area contributed by atoms with Crippen LogP contribution in [0, 0.1) is 11.8 Å². The molecule has 0 fully saturated rings. The van der Waals surface area contributed by atoms with Gasteiger partial charge in [-0.2, -0.15) is 0 Å². The number of carbonyl (C=O) groups excluding carboxylic acids is 2. The quantitative estimate of drug-likeness (QED) is 0.265. The summed E-state index contributed by atoms with van der Waals surface area (Å²) in [5, 5.41) is 0. The zero-order chi connectivity index (χ0) is 13.4. The number of hydrogen-bond acceptors (Lipinski definition) is 4. The fraction of sp³-hybridized carbons (Fsp3) is 0.143. The molecule has 0 unspecified atom stereocenters. The molecule has 0 amide bonds. The Bertz CT molecular complexity index is 515. The lowest BCUT2D eigenvalue weighted by Crippen LogP contribution is -1.96. The highest BCUT2D eigenvalue weighted by molar-refractivity contribution is 6.09. The van der Waals surface area contributed by atoms with Crippen LogP contribution in [0.4, 0.5) is 0 Å². The van der Waals surface area contributed by atoms with Crippen molar-refractivity contribution in [3.05, 3.63) is 35.9 Å². The lowest BCUT2D eigenvalue weighted by molar-refractivity contribution is -0.133. The van der Waals surface area contributed by atoms with E-state index in [1.165, 1.54) is 13.2 Å². The summed E-state index contributed by atoms with van der Waals surface area (Å²) in [6, 6.07) is 7.17. The molecule has 4 nitrogen and oxygen atoms in total. The molecular formula is C14H12O4. The van der Waals surface area contributed by atoms with Crippen molar-refractivity contribution in [1.82, 2.24) is 0 Å². The van der Waals surface area contributed by atoms with Gasteiger partial charge in [-0.05, 0) is 29.7 Å². The van der Waals surface area contributed by atoms with E-state index in [0.29, 0.717) is 0 Å². The third kappa shape index (κ3) is 4.54. The Hall–Kier alpha value is -2.54. The summed E-state index contributed by atoms with van der Waals surface area (Å²) in [6.07, 6.45) is 2.89. The lowest BCUT2D eigenvalue weighted by atomic mass is 10.2. The normalized spacial score (nSPS) is 9.44. The van der Waals surface area contributed by atoms with Gasteiger partial charge >= 0.3 is 5.97 Å². The van der Waals surface area contributed by atoms with Crippen LogP contribution in [-0.2, 0) is 14.3 Å². The number of allylic oxidation sites excluding steroid dienone is 1. The fourth-order valence-electron chi connectivity index (χ4n) is 1.09.